The lowest BCUT2D eigenvalue weighted by Crippen LogP contribution is -1.99. The van der Waals surface area contributed by atoms with Gasteiger partial charge in [-0.05, 0) is 11.1 Å². The van der Waals surface area contributed by atoms with Gasteiger partial charge in [-0.25, -0.2) is 0 Å². The van der Waals surface area contributed by atoms with Gasteiger partial charge in [-0.15, -0.1) is 0 Å². The molecule has 0 radical (unpaired) electrons. The van der Waals surface area contributed by atoms with Crippen LogP contribution >= 0.6 is 0 Å². The van der Waals surface area contributed by atoms with E-state index in [-0.39, 0.29) is 24.4 Å². The molecule has 2 heteroatoms. The Balaban J connectivity index is 1.44. The van der Waals surface area contributed by atoms with Crippen LogP contribution < -0.4 is 0 Å². The van der Waals surface area contributed by atoms with Gasteiger partial charge in [0.05, 0.1) is 0 Å². The largest absolute Gasteiger partial charge is 0.362 e. The predicted molar refractivity (Wildman–Crippen MR) is 68.1 cm³/mol. The molecule has 0 bridgehead atoms. The maximum atomic E-state index is 5.75. The quantitative estimate of drug-likeness (QED) is 0.767. The zero-order valence-corrected chi connectivity index (χ0v) is 9.90. The molecule has 4 atom stereocenters. The molecule has 90 valence electrons. The van der Waals surface area contributed by atoms with E-state index in [1.165, 1.54) is 11.1 Å². The lowest BCUT2D eigenvalue weighted by Gasteiger charge is -1.94. The van der Waals surface area contributed by atoms with Crippen molar-refractivity contribution in [3.63, 3.8) is 0 Å². The molecule has 2 saturated heterocycles. The number of benzene rings is 2. The van der Waals surface area contributed by atoms with E-state index in [4.69, 9.17) is 9.47 Å². The van der Waals surface area contributed by atoms with E-state index in [1.807, 2.05) is 12.1 Å². The second kappa shape index (κ2) is 3.94. The maximum Gasteiger partial charge on any atom is 0.118 e. The van der Waals surface area contributed by atoms with E-state index in [1.54, 1.807) is 0 Å². The van der Waals surface area contributed by atoms with Crippen LogP contribution in [0.1, 0.15) is 23.3 Å². The molecular weight excluding hydrogens is 224 g/mol. The smallest absolute Gasteiger partial charge is 0.118 e. The van der Waals surface area contributed by atoms with Crippen LogP contribution in [0.2, 0.25) is 0 Å². The molecule has 2 aliphatic rings. The molecule has 0 spiro atoms. The van der Waals surface area contributed by atoms with E-state index in [0.29, 0.717) is 0 Å². The van der Waals surface area contributed by atoms with Crippen molar-refractivity contribution < 1.29 is 9.47 Å². The molecular formula is C16H14O2. The highest BCUT2D eigenvalue weighted by molar-refractivity contribution is 5.28. The summed E-state index contributed by atoms with van der Waals surface area (Å²) in [6.45, 7) is 0. The molecule has 2 aromatic rings. The van der Waals surface area contributed by atoms with Crippen LogP contribution in [-0.2, 0) is 9.47 Å². The molecule has 0 saturated carbocycles. The predicted octanol–water partition coefficient (Wildman–Crippen LogP) is 3.27. The topological polar surface area (TPSA) is 25.1 Å². The summed E-state index contributed by atoms with van der Waals surface area (Å²) < 4.78 is 11.5. The third-order valence-corrected chi connectivity index (χ3v) is 3.63. The second-order valence-electron chi connectivity index (χ2n) is 4.86. The summed E-state index contributed by atoms with van der Waals surface area (Å²) in [6.07, 6.45) is 0.921. The number of rotatable bonds is 3. The standard InChI is InChI=1S/C16H14O2/c1-3-7-11(8-4-1)13-15(17-13)16-14(18-16)12-9-5-2-6-10-12/h1-10,13-16H. The molecule has 0 aliphatic carbocycles. The van der Waals surface area contributed by atoms with Crippen molar-refractivity contribution in [3.8, 4) is 0 Å². The van der Waals surface area contributed by atoms with E-state index < -0.39 is 0 Å². The Morgan fingerprint density at radius 1 is 0.556 bits per heavy atom. The molecule has 2 heterocycles. The minimum atomic E-state index is 0.227. The van der Waals surface area contributed by atoms with Crippen LogP contribution in [0.25, 0.3) is 0 Å². The van der Waals surface area contributed by atoms with Gasteiger partial charge in [-0.2, -0.15) is 0 Å². The Labute approximate surface area is 106 Å². The van der Waals surface area contributed by atoms with Crippen LogP contribution in [0.15, 0.2) is 60.7 Å². The van der Waals surface area contributed by atoms with Gasteiger partial charge in [-0.1, -0.05) is 60.7 Å². The number of epoxide rings is 2. The van der Waals surface area contributed by atoms with Crippen LogP contribution in [0.5, 0.6) is 0 Å². The van der Waals surface area contributed by atoms with Crippen LogP contribution in [0, 0.1) is 0 Å². The first kappa shape index (κ1) is 10.3. The summed E-state index contributed by atoms with van der Waals surface area (Å²) in [6, 6.07) is 20.7. The molecule has 2 aromatic carbocycles. The van der Waals surface area contributed by atoms with Gasteiger partial charge in [0.25, 0.3) is 0 Å². The molecule has 4 rings (SSSR count). The van der Waals surface area contributed by atoms with Gasteiger partial charge in [0.2, 0.25) is 0 Å². The zero-order valence-electron chi connectivity index (χ0n) is 9.90. The summed E-state index contributed by atoms with van der Waals surface area (Å²) in [4.78, 5) is 0. The summed E-state index contributed by atoms with van der Waals surface area (Å²) in [7, 11) is 0. The molecule has 2 aliphatic heterocycles. The SMILES string of the molecule is c1ccc(C2OC2C2OC2c2ccccc2)cc1. The molecule has 2 fully saturated rings. The molecule has 0 N–H and O–H groups in total. The Bertz CT molecular complexity index is 486. The minimum Gasteiger partial charge on any atom is -0.362 e. The highest BCUT2D eigenvalue weighted by Gasteiger charge is 2.58. The van der Waals surface area contributed by atoms with Gasteiger partial charge in [-0.3, -0.25) is 0 Å². The normalized spacial score (nSPS) is 33.1. The fourth-order valence-electron chi connectivity index (χ4n) is 2.57. The highest BCUT2D eigenvalue weighted by Crippen LogP contribution is 2.53. The highest BCUT2D eigenvalue weighted by atomic mass is 16.7. The average Bonchev–Trinajstić information content (AvgIpc) is 3.32. The van der Waals surface area contributed by atoms with E-state index in [0.717, 1.165) is 0 Å². The van der Waals surface area contributed by atoms with Gasteiger partial charge in [0.1, 0.15) is 24.4 Å². The Kier molecular flexibility index (Phi) is 2.25. The molecule has 2 nitrogen and oxygen atoms in total. The van der Waals surface area contributed by atoms with Crippen molar-refractivity contribution in [1.82, 2.24) is 0 Å². The molecule has 4 unspecified atom stereocenters. The number of ether oxygens (including phenoxy) is 2. The van der Waals surface area contributed by atoms with Crippen LogP contribution in [-0.4, -0.2) is 12.2 Å². The van der Waals surface area contributed by atoms with Crippen LogP contribution in [0.3, 0.4) is 0 Å². The van der Waals surface area contributed by atoms with Crippen molar-refractivity contribution >= 4 is 0 Å². The summed E-state index contributed by atoms with van der Waals surface area (Å²) >= 11 is 0. The van der Waals surface area contributed by atoms with E-state index in [2.05, 4.69) is 48.5 Å². The molecule has 0 amide bonds. The second-order valence-corrected chi connectivity index (χ2v) is 4.86. The fourth-order valence-corrected chi connectivity index (χ4v) is 2.57. The maximum absolute atomic E-state index is 5.75. The number of hydrogen-bond donors (Lipinski definition) is 0. The van der Waals surface area contributed by atoms with Crippen molar-refractivity contribution in [2.75, 3.05) is 0 Å². The third kappa shape index (κ3) is 1.74. The van der Waals surface area contributed by atoms with Gasteiger partial charge in [0, 0.05) is 0 Å². The van der Waals surface area contributed by atoms with Crippen molar-refractivity contribution in [2.24, 2.45) is 0 Å². The fraction of sp³-hybridized carbons (Fsp3) is 0.250. The first-order valence-corrected chi connectivity index (χ1v) is 6.34. The molecule has 0 aromatic heterocycles. The summed E-state index contributed by atoms with van der Waals surface area (Å²) in [5.41, 5.74) is 2.51. The Morgan fingerprint density at radius 2 is 0.944 bits per heavy atom. The van der Waals surface area contributed by atoms with Gasteiger partial charge >= 0.3 is 0 Å². The van der Waals surface area contributed by atoms with Gasteiger partial charge in [0.15, 0.2) is 0 Å². The molecule has 18 heavy (non-hydrogen) atoms. The minimum absolute atomic E-state index is 0.227. The first-order valence-electron chi connectivity index (χ1n) is 6.34. The van der Waals surface area contributed by atoms with Crippen molar-refractivity contribution in [3.05, 3.63) is 71.8 Å². The van der Waals surface area contributed by atoms with E-state index in [9.17, 15) is 0 Å². The lowest BCUT2D eigenvalue weighted by molar-refractivity contribution is 0.309. The Morgan fingerprint density at radius 3 is 1.33 bits per heavy atom. The summed E-state index contributed by atoms with van der Waals surface area (Å²) in [5, 5.41) is 0. The lowest BCUT2D eigenvalue weighted by atomic mass is 10.0. The van der Waals surface area contributed by atoms with Gasteiger partial charge < -0.3 is 9.47 Å². The average molecular weight is 238 g/mol. The Hall–Kier alpha value is -1.64. The van der Waals surface area contributed by atoms with Crippen LogP contribution in [0.4, 0.5) is 0 Å². The third-order valence-electron chi connectivity index (χ3n) is 3.63. The van der Waals surface area contributed by atoms with E-state index >= 15 is 0 Å². The monoisotopic (exact) mass is 238 g/mol. The summed E-state index contributed by atoms with van der Waals surface area (Å²) in [5.74, 6) is 0. The number of hydrogen-bond acceptors (Lipinski definition) is 2. The van der Waals surface area contributed by atoms with Crippen molar-refractivity contribution in [1.29, 1.82) is 0 Å². The van der Waals surface area contributed by atoms with Crippen molar-refractivity contribution in [2.45, 2.75) is 24.4 Å². The zero-order chi connectivity index (χ0) is 11.9. The first-order chi connectivity index (χ1) is 8.93.